The first-order valence-electron chi connectivity index (χ1n) is 7.90. The van der Waals surface area contributed by atoms with Gasteiger partial charge in [0.1, 0.15) is 5.82 Å². The quantitative estimate of drug-likeness (QED) is 0.947. The number of rotatable bonds is 3. The molecule has 6 heteroatoms. The Morgan fingerprint density at radius 1 is 1.45 bits per heavy atom. The van der Waals surface area contributed by atoms with Crippen LogP contribution in [-0.4, -0.2) is 43.6 Å². The van der Waals surface area contributed by atoms with Gasteiger partial charge in [0.2, 0.25) is 0 Å². The number of aromatic nitrogens is 4. The van der Waals surface area contributed by atoms with Crippen molar-refractivity contribution in [1.29, 1.82) is 0 Å². The highest BCUT2D eigenvalue weighted by molar-refractivity contribution is 5.95. The molecule has 0 saturated carbocycles. The van der Waals surface area contributed by atoms with Crippen LogP contribution in [0.2, 0.25) is 0 Å². The summed E-state index contributed by atoms with van der Waals surface area (Å²) in [7, 11) is 0. The van der Waals surface area contributed by atoms with Crippen molar-refractivity contribution >= 4 is 5.91 Å². The molecular formula is C16H23N5O. The number of likely N-dealkylation sites (tertiary alicyclic amines) is 1. The molecule has 1 fully saturated rings. The molecule has 0 unspecified atom stereocenters. The smallest absolute Gasteiger partial charge is 0.257 e. The van der Waals surface area contributed by atoms with Crippen LogP contribution in [0.3, 0.4) is 0 Å². The summed E-state index contributed by atoms with van der Waals surface area (Å²) < 4.78 is 2.24. The molecule has 0 spiro atoms. The zero-order valence-corrected chi connectivity index (χ0v) is 13.4. The molecule has 2 aromatic rings. The van der Waals surface area contributed by atoms with E-state index in [1.54, 1.807) is 6.20 Å². The number of carbonyl (C=O) groups excluding carboxylic acids is 1. The highest BCUT2D eigenvalue weighted by Crippen LogP contribution is 2.26. The SMILES string of the molecule is Cc1[nH]ncc1C(=O)N1CCC[C@@H](n2ccnc2C(C)C)C1. The second kappa shape index (κ2) is 5.94. The van der Waals surface area contributed by atoms with Gasteiger partial charge in [-0.25, -0.2) is 4.98 Å². The Morgan fingerprint density at radius 3 is 2.95 bits per heavy atom. The van der Waals surface area contributed by atoms with Crippen LogP contribution in [0, 0.1) is 6.92 Å². The van der Waals surface area contributed by atoms with Gasteiger partial charge in [0, 0.05) is 37.1 Å². The highest BCUT2D eigenvalue weighted by atomic mass is 16.2. The minimum Gasteiger partial charge on any atom is -0.336 e. The van der Waals surface area contributed by atoms with Gasteiger partial charge in [-0.3, -0.25) is 9.89 Å². The Kier molecular flexibility index (Phi) is 4.00. The van der Waals surface area contributed by atoms with Crippen molar-refractivity contribution in [2.75, 3.05) is 13.1 Å². The first-order chi connectivity index (χ1) is 10.6. The van der Waals surface area contributed by atoms with Gasteiger partial charge in [-0.2, -0.15) is 5.10 Å². The van der Waals surface area contributed by atoms with Crippen LogP contribution in [-0.2, 0) is 0 Å². The largest absolute Gasteiger partial charge is 0.336 e. The molecule has 1 atom stereocenters. The number of nitrogens with zero attached hydrogens (tertiary/aromatic N) is 4. The van der Waals surface area contributed by atoms with Gasteiger partial charge in [0.05, 0.1) is 17.8 Å². The molecule has 1 N–H and O–H groups in total. The average molecular weight is 301 g/mol. The summed E-state index contributed by atoms with van der Waals surface area (Å²) in [6.45, 7) is 7.73. The Balaban J connectivity index is 1.78. The Labute approximate surface area is 130 Å². The Bertz CT molecular complexity index is 657. The normalized spacial score (nSPS) is 18.9. The molecule has 0 radical (unpaired) electrons. The Morgan fingerprint density at radius 2 is 2.27 bits per heavy atom. The predicted octanol–water partition coefficient (Wildman–Crippen LogP) is 2.52. The van der Waals surface area contributed by atoms with Gasteiger partial charge in [0.15, 0.2) is 0 Å². The summed E-state index contributed by atoms with van der Waals surface area (Å²) in [6, 6.07) is 0.310. The van der Waals surface area contributed by atoms with Crippen LogP contribution < -0.4 is 0 Å². The van der Waals surface area contributed by atoms with Crippen LogP contribution in [0.25, 0.3) is 0 Å². The number of carbonyl (C=O) groups is 1. The van der Waals surface area contributed by atoms with Crippen LogP contribution in [0.5, 0.6) is 0 Å². The van der Waals surface area contributed by atoms with Crippen LogP contribution in [0.4, 0.5) is 0 Å². The van der Waals surface area contributed by atoms with Crippen molar-refractivity contribution in [2.24, 2.45) is 0 Å². The molecule has 2 aromatic heterocycles. The lowest BCUT2D eigenvalue weighted by Gasteiger charge is -2.34. The topological polar surface area (TPSA) is 66.8 Å². The minimum atomic E-state index is 0.0714. The third-order valence-corrected chi connectivity index (χ3v) is 4.35. The number of aromatic amines is 1. The van der Waals surface area contributed by atoms with Gasteiger partial charge in [-0.05, 0) is 19.8 Å². The average Bonchev–Trinajstić information content (AvgIpc) is 3.15. The molecule has 1 aliphatic rings. The van der Waals surface area contributed by atoms with Crippen LogP contribution in [0.1, 0.15) is 60.5 Å². The van der Waals surface area contributed by atoms with Gasteiger partial charge >= 0.3 is 0 Å². The van der Waals surface area contributed by atoms with Crippen molar-refractivity contribution < 1.29 is 4.79 Å². The second-order valence-electron chi connectivity index (χ2n) is 6.30. The van der Waals surface area contributed by atoms with E-state index in [0.717, 1.165) is 37.4 Å². The number of aryl methyl sites for hydroxylation is 1. The lowest BCUT2D eigenvalue weighted by atomic mass is 10.0. The fourth-order valence-electron chi connectivity index (χ4n) is 3.18. The van der Waals surface area contributed by atoms with Crippen molar-refractivity contribution in [3.63, 3.8) is 0 Å². The molecule has 0 bridgehead atoms. The lowest BCUT2D eigenvalue weighted by molar-refractivity contribution is 0.0677. The van der Waals surface area contributed by atoms with E-state index in [2.05, 4.69) is 33.6 Å². The Hall–Kier alpha value is -2.11. The van der Waals surface area contributed by atoms with E-state index in [0.29, 0.717) is 17.5 Å². The molecular weight excluding hydrogens is 278 g/mol. The molecule has 22 heavy (non-hydrogen) atoms. The summed E-state index contributed by atoms with van der Waals surface area (Å²) in [5, 5.41) is 6.79. The number of nitrogens with one attached hydrogen (secondary N) is 1. The van der Waals surface area contributed by atoms with Crippen LogP contribution in [0.15, 0.2) is 18.6 Å². The van der Waals surface area contributed by atoms with E-state index in [1.165, 1.54) is 0 Å². The van der Waals surface area contributed by atoms with E-state index in [1.807, 2.05) is 24.2 Å². The molecule has 3 rings (SSSR count). The monoisotopic (exact) mass is 301 g/mol. The number of hydrogen-bond donors (Lipinski definition) is 1. The molecule has 0 aliphatic carbocycles. The highest BCUT2D eigenvalue weighted by Gasteiger charge is 2.28. The van der Waals surface area contributed by atoms with E-state index >= 15 is 0 Å². The maximum absolute atomic E-state index is 12.7. The molecule has 1 aliphatic heterocycles. The molecule has 3 heterocycles. The lowest BCUT2D eigenvalue weighted by Crippen LogP contribution is -2.41. The number of imidazole rings is 1. The third-order valence-electron chi connectivity index (χ3n) is 4.35. The van der Waals surface area contributed by atoms with Crippen molar-refractivity contribution in [2.45, 2.75) is 45.6 Å². The number of amides is 1. The maximum atomic E-state index is 12.7. The molecule has 118 valence electrons. The third kappa shape index (κ3) is 2.65. The second-order valence-corrected chi connectivity index (χ2v) is 6.30. The fraction of sp³-hybridized carbons (Fsp3) is 0.562. The van der Waals surface area contributed by atoms with E-state index < -0.39 is 0 Å². The first kappa shape index (κ1) is 14.8. The zero-order chi connectivity index (χ0) is 15.7. The molecule has 1 saturated heterocycles. The molecule has 0 aromatic carbocycles. The first-order valence-corrected chi connectivity index (χ1v) is 7.90. The standard InChI is InChI=1S/C16H23N5O/c1-11(2)15-17-6-8-21(15)13-5-4-7-20(10-13)16(22)14-9-18-19-12(14)3/h6,8-9,11,13H,4-5,7,10H2,1-3H3,(H,18,19)/t13-/m1/s1. The summed E-state index contributed by atoms with van der Waals surface area (Å²) in [4.78, 5) is 19.1. The van der Waals surface area contributed by atoms with Crippen molar-refractivity contribution in [1.82, 2.24) is 24.6 Å². The molecule has 1 amide bonds. The predicted molar refractivity (Wildman–Crippen MR) is 83.8 cm³/mol. The summed E-state index contributed by atoms with van der Waals surface area (Å²) in [6.07, 6.45) is 7.62. The minimum absolute atomic E-state index is 0.0714. The number of H-pyrrole nitrogens is 1. The van der Waals surface area contributed by atoms with Gasteiger partial charge in [-0.1, -0.05) is 13.8 Å². The summed E-state index contributed by atoms with van der Waals surface area (Å²) >= 11 is 0. The number of hydrogen-bond acceptors (Lipinski definition) is 3. The zero-order valence-electron chi connectivity index (χ0n) is 13.4. The molecule has 6 nitrogen and oxygen atoms in total. The van der Waals surface area contributed by atoms with Gasteiger partial charge in [-0.15, -0.1) is 0 Å². The van der Waals surface area contributed by atoms with Crippen molar-refractivity contribution in [3.05, 3.63) is 35.7 Å². The summed E-state index contributed by atoms with van der Waals surface area (Å²) in [5.41, 5.74) is 1.51. The number of piperidine rings is 1. The van der Waals surface area contributed by atoms with Crippen LogP contribution >= 0.6 is 0 Å². The van der Waals surface area contributed by atoms with E-state index in [-0.39, 0.29) is 5.91 Å². The van der Waals surface area contributed by atoms with E-state index in [4.69, 9.17) is 0 Å². The fourth-order valence-corrected chi connectivity index (χ4v) is 3.18. The van der Waals surface area contributed by atoms with Gasteiger partial charge in [0.25, 0.3) is 5.91 Å². The van der Waals surface area contributed by atoms with Gasteiger partial charge < -0.3 is 9.47 Å². The van der Waals surface area contributed by atoms with E-state index in [9.17, 15) is 4.79 Å². The van der Waals surface area contributed by atoms with Crippen molar-refractivity contribution in [3.8, 4) is 0 Å². The maximum Gasteiger partial charge on any atom is 0.257 e. The summed E-state index contributed by atoms with van der Waals surface area (Å²) in [5.74, 6) is 1.55.